The maximum absolute atomic E-state index is 11.5. The van der Waals surface area contributed by atoms with E-state index in [1.54, 1.807) is 48.8 Å². The lowest BCUT2D eigenvalue weighted by atomic mass is 9.92. The number of Topliss-reactive ketones (excluding diaryl/α,β-unsaturated/α-hetero) is 1. The largest absolute Gasteiger partial charge is 0.488 e. The van der Waals surface area contributed by atoms with Crippen LogP contribution in [-0.4, -0.2) is 55.8 Å². The van der Waals surface area contributed by atoms with Crippen LogP contribution in [0.2, 0.25) is 10.0 Å². The fourth-order valence-corrected chi connectivity index (χ4v) is 8.22. The number of benzene rings is 4. The molecule has 2 heterocycles. The monoisotopic (exact) mass is 985 g/mol. The van der Waals surface area contributed by atoms with Crippen molar-refractivity contribution in [2.24, 2.45) is 0 Å². The normalized spacial score (nSPS) is 11.8. The molecule has 0 unspecified atom stereocenters. The van der Waals surface area contributed by atoms with Crippen molar-refractivity contribution in [3.63, 3.8) is 0 Å². The summed E-state index contributed by atoms with van der Waals surface area (Å²) in [6, 6.07) is 26.5. The molecule has 16 heteroatoms. The lowest BCUT2D eigenvalue weighted by molar-refractivity contribution is -0.139. The third-order valence-electron chi connectivity index (χ3n) is 11.4. The molecule has 2 aromatic heterocycles. The number of rotatable bonds is 25. The summed E-state index contributed by atoms with van der Waals surface area (Å²) in [4.78, 5) is 30.8. The van der Waals surface area contributed by atoms with Crippen molar-refractivity contribution in [1.82, 2.24) is 15.3 Å². The highest BCUT2D eigenvalue weighted by atomic mass is 35.5. The highest BCUT2D eigenvalue weighted by Gasteiger charge is 2.18. The van der Waals surface area contributed by atoms with E-state index in [-0.39, 0.29) is 64.6 Å². The number of aliphatic hydroxyl groups excluding tert-OH is 2. The van der Waals surface area contributed by atoms with E-state index in [2.05, 4.69) is 39.6 Å². The summed E-state index contributed by atoms with van der Waals surface area (Å²) < 4.78 is 25.3. The van der Waals surface area contributed by atoms with Gasteiger partial charge in [-0.05, 0) is 103 Å². The van der Waals surface area contributed by atoms with Crippen LogP contribution >= 0.6 is 23.2 Å². The summed E-state index contributed by atoms with van der Waals surface area (Å²) >= 11 is 13.6. The number of nitrogens with one attached hydrogen (secondary N) is 1. The van der Waals surface area contributed by atoms with E-state index >= 15 is 0 Å². The molecule has 0 amide bonds. The molecule has 4 N–H and O–H groups in total. The number of pyridine rings is 2. The van der Waals surface area contributed by atoms with E-state index < -0.39 is 18.2 Å². The lowest BCUT2D eigenvalue weighted by Gasteiger charge is -2.19. The maximum Gasteiger partial charge on any atom is 0.305 e. The van der Waals surface area contributed by atoms with Gasteiger partial charge in [0.25, 0.3) is 0 Å². The van der Waals surface area contributed by atoms with Crippen molar-refractivity contribution >= 4 is 35.0 Å². The van der Waals surface area contributed by atoms with Crippen LogP contribution in [0.25, 0.3) is 11.1 Å². The highest BCUT2D eigenvalue weighted by molar-refractivity contribution is 6.32. The number of aryl methyl sites for hydroxylation is 1. The number of carbonyl (C=O) groups is 2. The number of aliphatic hydroxyl groups is 2. The number of carboxylic acids is 1. The maximum atomic E-state index is 11.5. The predicted molar refractivity (Wildman–Crippen MR) is 264 cm³/mol. The number of aromatic nitrogens is 2. The van der Waals surface area contributed by atoms with Crippen molar-refractivity contribution < 1.29 is 43.9 Å². The Morgan fingerprint density at radius 1 is 0.657 bits per heavy atom. The van der Waals surface area contributed by atoms with Gasteiger partial charge in [-0.3, -0.25) is 19.6 Å². The van der Waals surface area contributed by atoms with Crippen LogP contribution in [0.4, 0.5) is 0 Å². The Bertz CT molecular complexity index is 2710. The Balaban J connectivity index is 1.18. The van der Waals surface area contributed by atoms with Crippen molar-refractivity contribution in [2.75, 3.05) is 6.54 Å². The average molecular weight is 987 g/mol. The molecule has 0 spiro atoms. The Morgan fingerprint density at radius 3 is 1.66 bits per heavy atom. The Labute approximate surface area is 417 Å². The third-order valence-corrected chi connectivity index (χ3v) is 12.0. The molecule has 362 valence electrons. The SMILES string of the molecule is CC(=O)C[C@H](O)CNCc1cc(Cl)c(OCc2cccc(-c3cccc(COc4cc(OCc5cncc(C#N)c5)c(CCC[C@@H](O)CC(=O)O)cc4Cl)c3C)c2C)cc1OCc1cncc(C#N)c1. The zero-order chi connectivity index (χ0) is 50.2. The second-order valence-electron chi connectivity index (χ2n) is 16.8. The van der Waals surface area contributed by atoms with Gasteiger partial charge < -0.3 is 39.6 Å². The van der Waals surface area contributed by atoms with E-state index in [9.17, 15) is 30.3 Å². The first-order chi connectivity index (χ1) is 33.7. The molecule has 6 aromatic rings. The summed E-state index contributed by atoms with van der Waals surface area (Å²) in [5, 5.41) is 52.1. The van der Waals surface area contributed by atoms with E-state index in [4.69, 9.17) is 47.3 Å². The molecule has 0 saturated carbocycles. The standard InChI is InChI=1S/C54H53Cl2N5O9/c1-33(62)13-45(64)28-61-27-43-17-49(56)53(20-51(43)68-30-39-15-37(22-58)24-60-26-39)70-32-42-9-6-12-47(35(42)3)46-11-5-8-41(34(46)2)31-69-52-19-50(67-29-38-14-36(21-57)23-59-25-38)40(16-48(52)55)7-4-10-44(63)18-54(65)66/h5-6,8-9,11-12,14-17,19-20,23-26,44-45,61,63-64H,4,7,10,13,18,27-32H2,1-3H3,(H,65,66)/t44-,45+/m1/s1. The van der Waals surface area contributed by atoms with Crippen LogP contribution < -0.4 is 24.3 Å². The molecule has 0 aliphatic carbocycles. The van der Waals surface area contributed by atoms with Crippen LogP contribution in [0.5, 0.6) is 23.0 Å². The van der Waals surface area contributed by atoms with Gasteiger partial charge in [0.15, 0.2) is 0 Å². The Kier molecular flexibility index (Phi) is 19.1. The zero-order valence-electron chi connectivity index (χ0n) is 39.0. The van der Waals surface area contributed by atoms with Gasteiger partial charge in [0, 0.05) is 73.1 Å². The molecule has 2 atom stereocenters. The quantitative estimate of drug-likeness (QED) is 0.0420. The van der Waals surface area contributed by atoms with Crippen molar-refractivity contribution in [2.45, 2.75) is 98.1 Å². The number of carboxylic acid groups (broad SMARTS) is 1. The van der Waals surface area contributed by atoms with Gasteiger partial charge >= 0.3 is 5.97 Å². The van der Waals surface area contributed by atoms with Crippen LogP contribution in [0.3, 0.4) is 0 Å². The second-order valence-corrected chi connectivity index (χ2v) is 17.7. The molecule has 0 bridgehead atoms. The van der Waals surface area contributed by atoms with Crippen LogP contribution in [0.15, 0.2) is 97.6 Å². The number of ether oxygens (including phenoxy) is 4. The van der Waals surface area contributed by atoms with Gasteiger partial charge in [-0.15, -0.1) is 0 Å². The van der Waals surface area contributed by atoms with E-state index in [1.165, 1.54) is 19.3 Å². The van der Waals surface area contributed by atoms with Crippen molar-refractivity contribution in [1.29, 1.82) is 10.5 Å². The lowest BCUT2D eigenvalue weighted by Crippen LogP contribution is -2.28. The van der Waals surface area contributed by atoms with E-state index in [1.807, 2.05) is 38.1 Å². The van der Waals surface area contributed by atoms with Gasteiger partial charge in [0.1, 0.15) is 67.3 Å². The number of hydrogen-bond donors (Lipinski definition) is 4. The number of nitriles is 2. The first kappa shape index (κ1) is 52.3. The molecule has 0 saturated heterocycles. The number of hydrogen-bond acceptors (Lipinski definition) is 13. The van der Waals surface area contributed by atoms with Crippen LogP contribution in [0.1, 0.15) is 88.2 Å². The Hall–Kier alpha value is -7.04. The minimum Gasteiger partial charge on any atom is -0.488 e. The predicted octanol–water partition coefficient (Wildman–Crippen LogP) is 9.71. The van der Waals surface area contributed by atoms with Crippen LogP contribution in [-0.2, 0) is 49.0 Å². The first-order valence-corrected chi connectivity index (χ1v) is 23.3. The minimum absolute atomic E-state index is 0.0346. The number of carbonyl (C=O) groups excluding carboxylic acids is 1. The second kappa shape index (κ2) is 25.5. The summed E-state index contributed by atoms with van der Waals surface area (Å²) in [7, 11) is 0. The summed E-state index contributed by atoms with van der Waals surface area (Å²) in [6.45, 7) is 6.57. The topological polar surface area (TPSA) is 217 Å². The van der Waals surface area contributed by atoms with Crippen molar-refractivity contribution in [3.05, 3.63) is 163 Å². The number of nitrogens with zero attached hydrogens (tertiary/aromatic N) is 4. The number of halogens is 2. The van der Waals surface area contributed by atoms with Gasteiger partial charge in [0.05, 0.1) is 39.8 Å². The minimum atomic E-state index is -1.07. The summed E-state index contributed by atoms with van der Waals surface area (Å²) in [6.07, 6.45) is 5.26. The van der Waals surface area contributed by atoms with Gasteiger partial charge in [-0.2, -0.15) is 10.5 Å². The molecular weight excluding hydrogens is 934 g/mol. The van der Waals surface area contributed by atoms with Gasteiger partial charge in [-0.25, -0.2) is 0 Å². The fourth-order valence-electron chi connectivity index (χ4n) is 7.74. The number of ketones is 1. The van der Waals surface area contributed by atoms with E-state index in [0.717, 1.165) is 38.9 Å². The third kappa shape index (κ3) is 15.0. The summed E-state index contributed by atoms with van der Waals surface area (Å²) in [5.41, 5.74) is 9.47. The highest BCUT2D eigenvalue weighted by Crippen LogP contribution is 2.38. The van der Waals surface area contributed by atoms with Crippen LogP contribution in [0, 0.1) is 36.5 Å². The number of aliphatic carboxylic acids is 1. The first-order valence-electron chi connectivity index (χ1n) is 22.5. The van der Waals surface area contributed by atoms with Crippen molar-refractivity contribution in [3.8, 4) is 46.3 Å². The molecule has 0 aliphatic heterocycles. The molecule has 14 nitrogen and oxygen atoms in total. The average Bonchev–Trinajstić information content (AvgIpc) is 3.33. The van der Waals surface area contributed by atoms with Gasteiger partial charge in [0.2, 0.25) is 0 Å². The smallest absolute Gasteiger partial charge is 0.305 e. The summed E-state index contributed by atoms with van der Waals surface area (Å²) in [5.74, 6) is 0.562. The molecule has 70 heavy (non-hydrogen) atoms. The molecule has 0 fully saturated rings. The molecule has 6 rings (SSSR count). The molecule has 0 radical (unpaired) electrons. The zero-order valence-corrected chi connectivity index (χ0v) is 40.5. The molecule has 0 aliphatic rings. The van der Waals surface area contributed by atoms with E-state index in [0.29, 0.717) is 73.7 Å². The Morgan fingerprint density at radius 2 is 1.16 bits per heavy atom. The molecular formula is C54H53Cl2N5O9. The van der Waals surface area contributed by atoms with Gasteiger partial charge in [-0.1, -0.05) is 59.6 Å². The fraction of sp³-hybridized carbons (Fsp3) is 0.296. The molecule has 4 aromatic carbocycles.